The number of anilines is 1. The first-order chi connectivity index (χ1) is 14.0. The van der Waals surface area contributed by atoms with Crippen molar-refractivity contribution in [2.75, 3.05) is 11.9 Å². The van der Waals surface area contributed by atoms with Gasteiger partial charge in [-0.15, -0.1) is 6.42 Å². The lowest BCUT2D eigenvalue weighted by molar-refractivity contribution is -0.384. The van der Waals surface area contributed by atoms with Crippen molar-refractivity contribution in [1.82, 2.24) is 20.1 Å². The highest BCUT2D eigenvalue weighted by atomic mass is 16.6. The molecule has 3 aromatic rings. The third-order valence-electron chi connectivity index (χ3n) is 3.87. The minimum absolute atomic E-state index is 0.0387. The van der Waals surface area contributed by atoms with Gasteiger partial charge in [0.2, 0.25) is 0 Å². The molecule has 144 valence electrons. The number of aromatic nitrogens is 3. The fourth-order valence-corrected chi connectivity index (χ4v) is 2.55. The van der Waals surface area contributed by atoms with Crippen LogP contribution in [-0.4, -0.2) is 38.0 Å². The minimum Gasteiger partial charge on any atom is -0.341 e. The van der Waals surface area contributed by atoms with Gasteiger partial charge in [-0.2, -0.15) is 5.10 Å². The molecule has 0 aliphatic heterocycles. The Labute approximate surface area is 164 Å². The molecule has 0 aliphatic rings. The molecule has 0 unspecified atom stereocenters. The van der Waals surface area contributed by atoms with Crippen LogP contribution in [-0.2, 0) is 0 Å². The third kappa shape index (κ3) is 4.25. The zero-order valence-electron chi connectivity index (χ0n) is 14.9. The molecule has 0 aliphatic carbocycles. The molecule has 1 heterocycles. The Kier molecular flexibility index (Phi) is 5.61. The molecule has 0 saturated carbocycles. The molecular formula is C19H14N6O4. The number of para-hydroxylation sites is 1. The molecule has 2 N–H and O–H groups in total. The van der Waals surface area contributed by atoms with Gasteiger partial charge in [-0.25, -0.2) is 9.67 Å². The highest BCUT2D eigenvalue weighted by Gasteiger charge is 2.20. The zero-order chi connectivity index (χ0) is 20.8. The van der Waals surface area contributed by atoms with Gasteiger partial charge in [0, 0.05) is 11.6 Å². The summed E-state index contributed by atoms with van der Waals surface area (Å²) in [5.41, 5.74) is 0.348. The van der Waals surface area contributed by atoms with Crippen LogP contribution in [0.4, 0.5) is 11.4 Å². The Hall–Kier alpha value is -4.52. The zero-order valence-corrected chi connectivity index (χ0v) is 14.9. The summed E-state index contributed by atoms with van der Waals surface area (Å²) in [6.45, 7) is 0.0387. The van der Waals surface area contributed by atoms with Crippen molar-refractivity contribution in [2.24, 2.45) is 0 Å². The van der Waals surface area contributed by atoms with E-state index in [9.17, 15) is 19.7 Å². The number of nitro groups is 1. The average Bonchev–Trinajstić information content (AvgIpc) is 3.26. The maximum Gasteiger partial charge on any atom is 0.295 e. The number of hydrogen-bond acceptors (Lipinski definition) is 6. The van der Waals surface area contributed by atoms with Crippen molar-refractivity contribution in [3.8, 4) is 18.0 Å². The van der Waals surface area contributed by atoms with E-state index in [2.05, 4.69) is 26.6 Å². The van der Waals surface area contributed by atoms with Gasteiger partial charge in [0.15, 0.2) is 0 Å². The van der Waals surface area contributed by atoms with Crippen LogP contribution in [0.25, 0.3) is 5.69 Å². The van der Waals surface area contributed by atoms with Crippen LogP contribution in [0.15, 0.2) is 55.1 Å². The van der Waals surface area contributed by atoms with E-state index in [4.69, 9.17) is 6.42 Å². The van der Waals surface area contributed by atoms with E-state index >= 15 is 0 Å². The fourth-order valence-electron chi connectivity index (χ4n) is 2.55. The highest BCUT2D eigenvalue weighted by Crippen LogP contribution is 2.24. The van der Waals surface area contributed by atoms with Gasteiger partial charge in [-0.3, -0.25) is 19.7 Å². The first kappa shape index (κ1) is 19.2. The molecule has 0 fully saturated rings. The number of hydrogen-bond donors (Lipinski definition) is 2. The predicted molar refractivity (Wildman–Crippen MR) is 104 cm³/mol. The van der Waals surface area contributed by atoms with Crippen molar-refractivity contribution >= 4 is 23.2 Å². The van der Waals surface area contributed by atoms with E-state index in [1.54, 1.807) is 18.2 Å². The summed E-state index contributed by atoms with van der Waals surface area (Å²) in [5, 5.41) is 20.4. The van der Waals surface area contributed by atoms with E-state index in [-0.39, 0.29) is 34.7 Å². The minimum atomic E-state index is -0.616. The Morgan fingerprint density at radius 2 is 2.00 bits per heavy atom. The van der Waals surface area contributed by atoms with Crippen LogP contribution in [0.3, 0.4) is 0 Å². The summed E-state index contributed by atoms with van der Waals surface area (Å²) in [5.74, 6) is 1.23. The summed E-state index contributed by atoms with van der Waals surface area (Å²) in [6.07, 6.45) is 7.69. The lowest BCUT2D eigenvalue weighted by Crippen LogP contribution is -2.25. The van der Waals surface area contributed by atoms with Gasteiger partial charge in [0.1, 0.15) is 18.3 Å². The monoisotopic (exact) mass is 390 g/mol. The van der Waals surface area contributed by atoms with Crippen molar-refractivity contribution in [1.29, 1.82) is 0 Å². The third-order valence-corrected chi connectivity index (χ3v) is 3.87. The first-order valence-corrected chi connectivity index (χ1v) is 8.26. The van der Waals surface area contributed by atoms with E-state index in [1.165, 1.54) is 35.5 Å². The second kappa shape index (κ2) is 8.45. The number of amides is 2. The second-order valence-corrected chi connectivity index (χ2v) is 5.69. The molecular weight excluding hydrogens is 376 g/mol. The summed E-state index contributed by atoms with van der Waals surface area (Å²) < 4.78 is 1.23. The molecule has 2 aromatic carbocycles. The van der Waals surface area contributed by atoms with Gasteiger partial charge < -0.3 is 10.6 Å². The van der Waals surface area contributed by atoms with E-state index in [0.29, 0.717) is 0 Å². The normalized spacial score (nSPS) is 10.0. The first-order valence-electron chi connectivity index (χ1n) is 8.26. The smallest absolute Gasteiger partial charge is 0.295 e. The number of nitro benzene ring substituents is 1. The highest BCUT2D eigenvalue weighted by molar-refractivity contribution is 6.09. The van der Waals surface area contributed by atoms with Gasteiger partial charge in [-0.1, -0.05) is 18.1 Å². The van der Waals surface area contributed by atoms with Crippen LogP contribution in [0.5, 0.6) is 0 Å². The molecule has 29 heavy (non-hydrogen) atoms. The number of benzene rings is 2. The van der Waals surface area contributed by atoms with Gasteiger partial charge in [-0.05, 0) is 24.3 Å². The number of carbonyl (C=O) groups is 2. The molecule has 1 aromatic heterocycles. The number of carbonyl (C=O) groups excluding carboxylic acids is 2. The molecule has 10 nitrogen and oxygen atoms in total. The van der Waals surface area contributed by atoms with Gasteiger partial charge in [0.25, 0.3) is 17.5 Å². The van der Waals surface area contributed by atoms with Crippen LogP contribution < -0.4 is 10.6 Å². The standard InChI is InChI=1S/C19H14N6O4/c1-2-9-21-19(27)14-5-3-4-6-15(14)23-18(26)13-7-8-16(17(10-13)25(28)29)24-12-20-11-22-24/h1,3-8,10-12H,9H2,(H,21,27)(H,23,26). The van der Waals surface area contributed by atoms with Gasteiger partial charge >= 0.3 is 0 Å². The maximum atomic E-state index is 12.6. The summed E-state index contributed by atoms with van der Waals surface area (Å²) in [6, 6.07) is 10.3. The van der Waals surface area contributed by atoms with Crippen molar-refractivity contribution in [2.45, 2.75) is 0 Å². The number of terminal acetylenes is 1. The van der Waals surface area contributed by atoms with Crippen LogP contribution in [0.2, 0.25) is 0 Å². The average molecular weight is 390 g/mol. The molecule has 0 bridgehead atoms. The fraction of sp³-hybridized carbons (Fsp3) is 0.0526. The Bertz CT molecular complexity index is 1120. The predicted octanol–water partition coefficient (Wildman–Crippen LogP) is 1.79. The van der Waals surface area contributed by atoms with Crippen LogP contribution in [0.1, 0.15) is 20.7 Å². The Morgan fingerprint density at radius 1 is 1.21 bits per heavy atom. The number of rotatable bonds is 6. The molecule has 0 atom stereocenters. The Morgan fingerprint density at radius 3 is 2.69 bits per heavy atom. The topological polar surface area (TPSA) is 132 Å². The lowest BCUT2D eigenvalue weighted by Gasteiger charge is -2.11. The van der Waals surface area contributed by atoms with Crippen molar-refractivity contribution < 1.29 is 14.5 Å². The van der Waals surface area contributed by atoms with Crippen molar-refractivity contribution in [3.63, 3.8) is 0 Å². The summed E-state index contributed by atoms with van der Waals surface area (Å²) in [7, 11) is 0. The van der Waals surface area contributed by atoms with Crippen molar-refractivity contribution in [3.05, 3.63) is 76.4 Å². The Balaban J connectivity index is 1.89. The van der Waals surface area contributed by atoms with E-state index in [1.807, 2.05) is 0 Å². The molecule has 0 radical (unpaired) electrons. The van der Waals surface area contributed by atoms with Crippen LogP contribution >= 0.6 is 0 Å². The summed E-state index contributed by atoms with van der Waals surface area (Å²) in [4.78, 5) is 39.4. The SMILES string of the molecule is C#CCNC(=O)c1ccccc1NC(=O)c1ccc(-n2cncn2)c([N+](=O)[O-])c1. The number of nitrogens with zero attached hydrogens (tertiary/aromatic N) is 4. The largest absolute Gasteiger partial charge is 0.341 e. The second-order valence-electron chi connectivity index (χ2n) is 5.69. The number of nitrogens with one attached hydrogen (secondary N) is 2. The van der Waals surface area contributed by atoms with E-state index in [0.717, 1.165) is 6.07 Å². The van der Waals surface area contributed by atoms with E-state index < -0.39 is 16.7 Å². The molecule has 2 amide bonds. The summed E-state index contributed by atoms with van der Waals surface area (Å²) >= 11 is 0. The lowest BCUT2D eigenvalue weighted by atomic mass is 10.1. The molecule has 0 saturated heterocycles. The molecule has 3 rings (SSSR count). The maximum absolute atomic E-state index is 12.6. The molecule has 0 spiro atoms. The van der Waals surface area contributed by atoms with Crippen LogP contribution in [0, 0.1) is 22.5 Å². The quantitative estimate of drug-likeness (QED) is 0.375. The molecule has 10 heteroatoms. The van der Waals surface area contributed by atoms with Gasteiger partial charge in [0.05, 0.1) is 22.7 Å².